The molecule has 0 aliphatic carbocycles. The summed E-state index contributed by atoms with van der Waals surface area (Å²) < 4.78 is 54.7. The third-order valence-corrected chi connectivity index (χ3v) is 10.0. The molecule has 1 atom stereocenters. The molecule has 2 aromatic heterocycles. The Morgan fingerprint density at radius 3 is 1.68 bits per heavy atom. The van der Waals surface area contributed by atoms with Gasteiger partial charge in [0.15, 0.2) is 5.69 Å². The minimum atomic E-state index is -4.37. The second-order valence-electron chi connectivity index (χ2n) is 11.7. The van der Waals surface area contributed by atoms with E-state index in [1.165, 1.54) is 11.6 Å². The molecule has 26 heteroatoms. The van der Waals surface area contributed by atoms with Crippen LogP contribution >= 0.6 is 23.2 Å². The van der Waals surface area contributed by atoms with Gasteiger partial charge in [-0.3, -0.25) is 18.9 Å². The van der Waals surface area contributed by atoms with Crippen LogP contribution in [0.5, 0.6) is 5.88 Å². The molecular formula is C34H24Cl2CrN10NaO10S2. The van der Waals surface area contributed by atoms with Crippen LogP contribution < -0.4 is 55.6 Å². The van der Waals surface area contributed by atoms with E-state index in [0.717, 1.165) is 41.1 Å². The molecule has 4 N–H and O–H groups in total. The number of carbonyl (C=O) groups excluding carboxylic acids is 2. The maximum atomic E-state index is 12.6. The van der Waals surface area contributed by atoms with Crippen LogP contribution in [0.4, 0.5) is 22.7 Å². The first-order valence-electron chi connectivity index (χ1n) is 15.8. The second kappa shape index (κ2) is 20.0. The summed E-state index contributed by atoms with van der Waals surface area (Å²) in [6.07, 6.45) is 0. The molecule has 303 valence electrons. The largest absolute Gasteiger partial charge is 3.00 e. The topological polar surface area (TPSA) is 333 Å². The molecule has 0 amide bonds. The molecule has 1 radical (unpaired) electrons. The van der Waals surface area contributed by atoms with Crippen molar-refractivity contribution in [2.24, 2.45) is 25.6 Å². The Morgan fingerprint density at radius 2 is 1.22 bits per heavy atom. The van der Waals surface area contributed by atoms with Crippen molar-refractivity contribution in [1.82, 2.24) is 19.6 Å². The van der Waals surface area contributed by atoms with Gasteiger partial charge in [0.25, 0.3) is 5.56 Å². The number of sulfonamides is 1. The first-order valence-corrected chi connectivity index (χ1v) is 19.6. The number of benzene rings is 4. The standard InChI is InChI=1S/2C17H14ClN5O5S.Cr.Na/c2*1-9-15(16(24)23(22-9)11-4-2-10(18)3-5-11)21-20-14-7-6-12(29(19,27)28)8-13(14)17(25)26;;/h2-8,24H,1H3,(H,25,26)(H2,19,27,28);2-8,22H,1H3,(H,25,26)(H2,19,27,28);;/q;;+3;+1/p-4. The average molecular weight is 943 g/mol. The Kier molecular flexibility index (Phi) is 16.5. The third-order valence-electron chi connectivity index (χ3n) is 7.71. The molecule has 60 heavy (non-hydrogen) atoms. The fourth-order valence-corrected chi connectivity index (χ4v) is 6.19. The molecule has 0 bridgehead atoms. The summed E-state index contributed by atoms with van der Waals surface area (Å²) >= 11 is 11.7. The zero-order chi connectivity index (χ0) is 42.7. The molecule has 0 aliphatic rings. The molecule has 1 unspecified atom stereocenters. The van der Waals surface area contributed by atoms with Crippen molar-refractivity contribution < 1.29 is 89.0 Å². The van der Waals surface area contributed by atoms with Gasteiger partial charge in [-0.1, -0.05) is 23.2 Å². The number of carboxylic acid groups (broad SMARTS) is 2. The van der Waals surface area contributed by atoms with Crippen LogP contribution in [0.15, 0.2) is 120 Å². The number of carbonyl (C=O) groups is 2. The van der Waals surface area contributed by atoms with E-state index in [1.54, 1.807) is 55.5 Å². The van der Waals surface area contributed by atoms with Crippen molar-refractivity contribution in [2.75, 3.05) is 0 Å². The summed E-state index contributed by atoms with van der Waals surface area (Å²) in [6.45, 7) is 3.11. The molecule has 0 saturated heterocycles. The first kappa shape index (κ1) is 49.3. The number of H-pyrrole nitrogens is 1. The van der Waals surface area contributed by atoms with Crippen molar-refractivity contribution in [3.8, 4) is 17.3 Å². The van der Waals surface area contributed by atoms with Crippen molar-refractivity contribution >= 4 is 77.9 Å². The van der Waals surface area contributed by atoms with Gasteiger partial charge in [-0.05, 0) is 98.8 Å². The average Bonchev–Trinajstić information content (AvgIpc) is 3.61. The number of aromatic nitrogens is 4. The number of carboxylic acids is 2. The smallest absolute Gasteiger partial charge is 0.857 e. The van der Waals surface area contributed by atoms with E-state index in [-0.39, 0.29) is 75.4 Å². The number of nitrogens with two attached hydrogens (primary N) is 1. The number of aromatic carboxylic acids is 2. The minimum absolute atomic E-state index is 0. The van der Waals surface area contributed by atoms with Crippen LogP contribution in [0.1, 0.15) is 32.1 Å². The Labute approximate surface area is 382 Å². The maximum Gasteiger partial charge on any atom is 3.00 e. The Balaban J connectivity index is 0.000000310. The van der Waals surface area contributed by atoms with E-state index in [4.69, 9.17) is 33.1 Å². The monoisotopic (exact) mass is 941 g/mol. The fraction of sp³-hybridized carbons (Fsp3) is 0.0588. The van der Waals surface area contributed by atoms with E-state index >= 15 is 0 Å². The van der Waals surface area contributed by atoms with Crippen LogP contribution in [-0.2, 0) is 37.4 Å². The molecular weight excluding hydrogens is 918 g/mol. The SMILES string of the molecule is Cc1[nH]n(-c2ccc(Cl)cc2)c(=O)c1N=Nc1ccc(S(N)(=O)=O)cc1C(=O)[O-].Cc1nn(-c2ccc(Cl)cc2)c([O-])c1N=Nc1ccc(S(=N)(=O)[O-])cc1C(=O)[O-].[Cr+3].[Na+]. The Bertz CT molecular complexity index is 2940. The van der Waals surface area contributed by atoms with E-state index in [0.29, 0.717) is 27.1 Å². The van der Waals surface area contributed by atoms with E-state index < -0.39 is 64.3 Å². The van der Waals surface area contributed by atoms with Gasteiger partial charge < -0.3 is 29.5 Å². The molecule has 20 nitrogen and oxygen atoms in total. The molecule has 4 aromatic carbocycles. The van der Waals surface area contributed by atoms with Gasteiger partial charge in [0.1, 0.15) is 5.69 Å². The van der Waals surface area contributed by atoms with Gasteiger partial charge >= 0.3 is 46.9 Å². The molecule has 0 spiro atoms. The van der Waals surface area contributed by atoms with Crippen LogP contribution in [0.25, 0.3) is 11.4 Å². The first-order chi connectivity index (χ1) is 27.1. The number of halogens is 2. The minimum Gasteiger partial charge on any atom is -0.857 e. The number of aromatic amines is 1. The molecule has 0 saturated carbocycles. The molecule has 6 aromatic rings. The number of azo groups is 2. The maximum absolute atomic E-state index is 12.6. The van der Waals surface area contributed by atoms with Crippen LogP contribution in [-0.4, -0.2) is 48.7 Å². The van der Waals surface area contributed by atoms with Gasteiger partial charge in [0, 0.05) is 42.0 Å². The van der Waals surface area contributed by atoms with Crippen molar-refractivity contribution in [3.63, 3.8) is 0 Å². The summed E-state index contributed by atoms with van der Waals surface area (Å²) in [5.41, 5.74) is -0.680. The summed E-state index contributed by atoms with van der Waals surface area (Å²) in [5.74, 6) is -3.97. The summed E-state index contributed by atoms with van der Waals surface area (Å²) in [7, 11) is -8.49. The molecule has 0 fully saturated rings. The summed E-state index contributed by atoms with van der Waals surface area (Å²) in [4.78, 5) is 34.3. The summed E-state index contributed by atoms with van der Waals surface area (Å²) in [6, 6.07) is 18.6. The van der Waals surface area contributed by atoms with Crippen LogP contribution in [0.2, 0.25) is 10.0 Å². The van der Waals surface area contributed by atoms with Crippen molar-refractivity contribution in [2.45, 2.75) is 23.6 Å². The second-order valence-corrected chi connectivity index (χ2v) is 15.6. The molecule has 2 heterocycles. The summed E-state index contributed by atoms with van der Waals surface area (Å²) in [5, 5.41) is 63.3. The predicted octanol–water partition coefficient (Wildman–Crippen LogP) is 0.778. The van der Waals surface area contributed by atoms with Gasteiger partial charge in [0.2, 0.25) is 10.0 Å². The van der Waals surface area contributed by atoms with E-state index in [2.05, 4.69) is 30.7 Å². The Hall–Kier alpha value is -5.03. The van der Waals surface area contributed by atoms with E-state index in [1.807, 2.05) is 0 Å². The molecule has 0 aliphatic heterocycles. The number of hydrogen-bond acceptors (Lipinski definition) is 16. The number of nitrogens with zero attached hydrogens (tertiary/aromatic N) is 7. The van der Waals surface area contributed by atoms with Gasteiger partial charge in [-0.25, -0.2) is 22.9 Å². The zero-order valence-electron chi connectivity index (χ0n) is 30.9. The van der Waals surface area contributed by atoms with Gasteiger partial charge in [-0.15, -0.1) is 20.5 Å². The van der Waals surface area contributed by atoms with E-state index in [9.17, 15) is 46.9 Å². The number of primary sulfonamides is 1. The normalized spacial score (nSPS) is 12.2. The zero-order valence-corrected chi connectivity index (χ0v) is 37.3. The van der Waals surface area contributed by atoms with Gasteiger partial charge in [0.05, 0.1) is 51.0 Å². The van der Waals surface area contributed by atoms with Crippen LogP contribution in [0, 0.1) is 18.6 Å². The van der Waals surface area contributed by atoms with Gasteiger partial charge in [-0.2, -0.15) is 5.10 Å². The van der Waals surface area contributed by atoms with Crippen molar-refractivity contribution in [3.05, 3.63) is 128 Å². The molecule has 6 rings (SSSR count). The quantitative estimate of drug-likeness (QED) is 0.127. The number of rotatable bonds is 10. The third kappa shape index (κ3) is 11.6. The Morgan fingerprint density at radius 1 is 0.767 bits per heavy atom. The van der Waals surface area contributed by atoms with Crippen LogP contribution in [0.3, 0.4) is 0 Å². The van der Waals surface area contributed by atoms with Crippen molar-refractivity contribution in [1.29, 1.82) is 4.78 Å². The number of aryl methyl sites for hydroxylation is 2. The number of hydrogen-bond donors (Lipinski definition) is 3. The predicted molar refractivity (Wildman–Crippen MR) is 200 cm³/mol. The number of nitrogens with one attached hydrogen (secondary N) is 2. The fourth-order valence-electron chi connectivity index (χ4n) is 4.88.